The molecule has 0 saturated heterocycles. The highest BCUT2D eigenvalue weighted by molar-refractivity contribution is 5.95. The van der Waals surface area contributed by atoms with E-state index in [0.717, 1.165) is 17.0 Å². The van der Waals surface area contributed by atoms with Gasteiger partial charge < -0.3 is 4.74 Å². The fraction of sp³-hybridized carbons (Fsp3) is 0.286. The molecule has 21 heavy (non-hydrogen) atoms. The van der Waals surface area contributed by atoms with Crippen molar-refractivity contribution >= 4 is 11.6 Å². The first-order chi connectivity index (χ1) is 10.1. The summed E-state index contributed by atoms with van der Waals surface area (Å²) >= 11 is 0. The van der Waals surface area contributed by atoms with Crippen molar-refractivity contribution in [2.45, 2.75) is 13.8 Å². The molecule has 3 aromatic rings. The average molecular weight is 285 g/mol. The third-order valence-electron chi connectivity index (χ3n) is 3.41. The highest BCUT2D eigenvalue weighted by Crippen LogP contribution is 2.23. The maximum absolute atomic E-state index is 11.9. The molecular formula is C14H15N5O2. The molecule has 0 bridgehead atoms. The predicted molar refractivity (Wildman–Crippen MR) is 75.9 cm³/mol. The third-order valence-corrected chi connectivity index (χ3v) is 3.41. The normalized spacial score (nSPS) is 11.0. The molecule has 108 valence electrons. The fourth-order valence-corrected chi connectivity index (χ4v) is 2.20. The van der Waals surface area contributed by atoms with Crippen molar-refractivity contribution in [2.24, 2.45) is 7.05 Å². The van der Waals surface area contributed by atoms with Crippen LogP contribution in [0.3, 0.4) is 0 Å². The number of esters is 1. The van der Waals surface area contributed by atoms with Crippen molar-refractivity contribution in [2.75, 3.05) is 6.61 Å². The van der Waals surface area contributed by atoms with Crippen molar-refractivity contribution in [3.05, 3.63) is 35.9 Å². The molecule has 0 fully saturated rings. The molecule has 0 atom stereocenters. The Morgan fingerprint density at radius 3 is 2.81 bits per heavy atom. The van der Waals surface area contributed by atoms with Crippen LogP contribution in [0.25, 0.3) is 16.9 Å². The van der Waals surface area contributed by atoms with E-state index in [1.54, 1.807) is 28.5 Å². The van der Waals surface area contributed by atoms with Gasteiger partial charge in [-0.25, -0.2) is 14.3 Å². The summed E-state index contributed by atoms with van der Waals surface area (Å²) < 4.78 is 8.44. The molecular weight excluding hydrogens is 270 g/mol. The molecule has 7 nitrogen and oxygen atoms in total. The summed E-state index contributed by atoms with van der Waals surface area (Å²) in [5, 5.41) is 8.50. The maximum atomic E-state index is 11.9. The van der Waals surface area contributed by atoms with Crippen molar-refractivity contribution in [1.29, 1.82) is 0 Å². The molecule has 0 aromatic carbocycles. The highest BCUT2D eigenvalue weighted by Gasteiger charge is 2.18. The molecule has 0 aliphatic rings. The summed E-state index contributed by atoms with van der Waals surface area (Å²) in [5.41, 5.74) is 3.63. The molecule has 0 saturated carbocycles. The molecule has 3 aromatic heterocycles. The fourth-order valence-electron chi connectivity index (χ4n) is 2.20. The molecule has 0 unspecified atom stereocenters. The second kappa shape index (κ2) is 5.01. The number of aromatic nitrogens is 5. The van der Waals surface area contributed by atoms with Crippen LogP contribution in [0.2, 0.25) is 0 Å². The van der Waals surface area contributed by atoms with E-state index in [9.17, 15) is 4.79 Å². The minimum absolute atomic E-state index is 0.317. The third kappa shape index (κ3) is 2.06. The maximum Gasteiger partial charge on any atom is 0.343 e. The Kier molecular flexibility index (Phi) is 3.17. The SMILES string of the molecule is CCOC(=O)c1cnn2c(-c3cnn(C)c3C)ccnc12. The van der Waals surface area contributed by atoms with E-state index in [0.29, 0.717) is 17.8 Å². The minimum Gasteiger partial charge on any atom is -0.462 e. The molecule has 0 N–H and O–H groups in total. The number of carbonyl (C=O) groups is 1. The summed E-state index contributed by atoms with van der Waals surface area (Å²) in [4.78, 5) is 16.1. The van der Waals surface area contributed by atoms with Gasteiger partial charge in [-0.1, -0.05) is 0 Å². The second-order valence-corrected chi connectivity index (χ2v) is 4.61. The first kappa shape index (κ1) is 13.3. The molecule has 0 aliphatic carbocycles. The van der Waals surface area contributed by atoms with E-state index < -0.39 is 5.97 Å². The number of hydrogen-bond acceptors (Lipinski definition) is 5. The van der Waals surface area contributed by atoms with Gasteiger partial charge in [0.1, 0.15) is 5.56 Å². The van der Waals surface area contributed by atoms with E-state index in [2.05, 4.69) is 15.2 Å². The van der Waals surface area contributed by atoms with Gasteiger partial charge in [0.2, 0.25) is 0 Å². The summed E-state index contributed by atoms with van der Waals surface area (Å²) in [6.45, 7) is 4.06. The van der Waals surface area contributed by atoms with Crippen LogP contribution < -0.4 is 0 Å². The first-order valence-corrected chi connectivity index (χ1v) is 6.62. The number of carbonyl (C=O) groups excluding carboxylic acids is 1. The quantitative estimate of drug-likeness (QED) is 0.683. The zero-order valence-electron chi connectivity index (χ0n) is 12.1. The molecule has 0 amide bonds. The molecule has 7 heteroatoms. The van der Waals surface area contributed by atoms with Gasteiger partial charge in [-0.2, -0.15) is 10.2 Å². The van der Waals surface area contributed by atoms with Crippen molar-refractivity contribution in [1.82, 2.24) is 24.4 Å². The Hall–Kier alpha value is -2.70. The van der Waals surface area contributed by atoms with Crippen molar-refractivity contribution in [3.63, 3.8) is 0 Å². The number of ether oxygens (including phenoxy) is 1. The second-order valence-electron chi connectivity index (χ2n) is 4.61. The summed E-state index contributed by atoms with van der Waals surface area (Å²) in [6.07, 6.45) is 4.91. The minimum atomic E-state index is -0.417. The Bertz CT molecular complexity index is 818. The van der Waals surface area contributed by atoms with E-state index in [-0.39, 0.29) is 0 Å². The van der Waals surface area contributed by atoms with Crippen LogP contribution in [0.15, 0.2) is 24.7 Å². The van der Waals surface area contributed by atoms with Crippen LogP contribution in [0.5, 0.6) is 0 Å². The number of hydrogen-bond donors (Lipinski definition) is 0. The molecule has 0 radical (unpaired) electrons. The lowest BCUT2D eigenvalue weighted by molar-refractivity contribution is 0.0528. The van der Waals surface area contributed by atoms with Crippen LogP contribution in [-0.2, 0) is 11.8 Å². The van der Waals surface area contributed by atoms with Gasteiger partial charge in [0, 0.05) is 24.5 Å². The van der Waals surface area contributed by atoms with Gasteiger partial charge in [-0.05, 0) is 19.9 Å². The zero-order chi connectivity index (χ0) is 15.0. The van der Waals surface area contributed by atoms with Crippen LogP contribution in [0, 0.1) is 6.92 Å². The van der Waals surface area contributed by atoms with E-state index in [4.69, 9.17) is 4.74 Å². The van der Waals surface area contributed by atoms with Crippen LogP contribution >= 0.6 is 0 Å². The van der Waals surface area contributed by atoms with Gasteiger partial charge in [0.15, 0.2) is 5.65 Å². The van der Waals surface area contributed by atoms with Gasteiger partial charge in [0.25, 0.3) is 0 Å². The van der Waals surface area contributed by atoms with Gasteiger partial charge in [-0.3, -0.25) is 4.68 Å². The lowest BCUT2D eigenvalue weighted by Crippen LogP contribution is -2.05. The number of aryl methyl sites for hydroxylation is 1. The van der Waals surface area contributed by atoms with E-state index in [1.807, 2.05) is 20.0 Å². The van der Waals surface area contributed by atoms with Gasteiger partial charge in [0.05, 0.1) is 24.7 Å². The van der Waals surface area contributed by atoms with Crippen LogP contribution in [-0.4, -0.2) is 37.0 Å². The number of rotatable bonds is 3. The number of nitrogens with zero attached hydrogens (tertiary/aromatic N) is 5. The summed E-state index contributed by atoms with van der Waals surface area (Å²) in [5.74, 6) is -0.417. The predicted octanol–water partition coefficient (Wildman–Crippen LogP) is 1.61. The first-order valence-electron chi connectivity index (χ1n) is 6.62. The van der Waals surface area contributed by atoms with E-state index in [1.165, 1.54) is 6.20 Å². The Labute approximate surface area is 121 Å². The molecule has 3 heterocycles. The Morgan fingerprint density at radius 2 is 2.14 bits per heavy atom. The average Bonchev–Trinajstić information content (AvgIpc) is 3.04. The van der Waals surface area contributed by atoms with Gasteiger partial charge >= 0.3 is 5.97 Å². The summed E-state index contributed by atoms with van der Waals surface area (Å²) in [7, 11) is 1.88. The Balaban J connectivity index is 2.18. The molecule has 0 spiro atoms. The van der Waals surface area contributed by atoms with Crippen LogP contribution in [0.1, 0.15) is 23.0 Å². The standard InChI is InChI=1S/C14H15N5O2/c1-4-21-14(20)11-8-17-19-12(5-6-15-13(11)19)10-7-16-18(3)9(10)2/h5-8H,4H2,1-3H3. The van der Waals surface area contributed by atoms with Crippen molar-refractivity contribution in [3.8, 4) is 11.3 Å². The smallest absolute Gasteiger partial charge is 0.343 e. The van der Waals surface area contributed by atoms with Gasteiger partial charge in [-0.15, -0.1) is 0 Å². The lowest BCUT2D eigenvalue weighted by Gasteiger charge is -2.04. The zero-order valence-corrected chi connectivity index (χ0v) is 12.1. The highest BCUT2D eigenvalue weighted by atomic mass is 16.5. The monoisotopic (exact) mass is 285 g/mol. The topological polar surface area (TPSA) is 74.3 Å². The number of fused-ring (bicyclic) bond motifs is 1. The largest absolute Gasteiger partial charge is 0.462 e. The molecule has 3 rings (SSSR count). The Morgan fingerprint density at radius 1 is 1.33 bits per heavy atom. The van der Waals surface area contributed by atoms with E-state index >= 15 is 0 Å². The van der Waals surface area contributed by atoms with Crippen LogP contribution in [0.4, 0.5) is 0 Å². The lowest BCUT2D eigenvalue weighted by atomic mass is 10.2. The molecule has 0 aliphatic heterocycles. The van der Waals surface area contributed by atoms with Crippen molar-refractivity contribution < 1.29 is 9.53 Å². The summed E-state index contributed by atoms with van der Waals surface area (Å²) in [6, 6.07) is 1.85.